The molecule has 7 nitrogen and oxygen atoms in total. The Morgan fingerprint density at radius 3 is 2.44 bits per heavy atom. The Bertz CT molecular complexity index is 1650. The summed E-state index contributed by atoms with van der Waals surface area (Å²) in [5.74, 6) is 1.72. The van der Waals surface area contributed by atoms with Crippen LogP contribution in [0, 0.1) is 20.8 Å². The van der Waals surface area contributed by atoms with Gasteiger partial charge in [0.05, 0.1) is 36.8 Å². The van der Waals surface area contributed by atoms with Crippen LogP contribution in [0.25, 0.3) is 11.5 Å². The van der Waals surface area contributed by atoms with Gasteiger partial charge in [-0.15, -0.1) is 0 Å². The van der Waals surface area contributed by atoms with Crippen molar-refractivity contribution in [1.29, 1.82) is 0 Å². The third-order valence-corrected chi connectivity index (χ3v) is 7.63. The number of carbonyl (C=O) groups excluding carboxylic acids is 1. The van der Waals surface area contributed by atoms with Gasteiger partial charge in [-0.3, -0.25) is 0 Å². The molecule has 0 saturated carbocycles. The summed E-state index contributed by atoms with van der Waals surface area (Å²) in [6.07, 6.45) is 2.05. The molecule has 3 heterocycles. The van der Waals surface area contributed by atoms with E-state index in [0.717, 1.165) is 56.6 Å². The van der Waals surface area contributed by atoms with Crippen LogP contribution in [0.15, 0.2) is 91.1 Å². The van der Waals surface area contributed by atoms with E-state index in [1.165, 1.54) is 0 Å². The van der Waals surface area contributed by atoms with E-state index in [2.05, 4.69) is 35.1 Å². The van der Waals surface area contributed by atoms with Gasteiger partial charge in [0.1, 0.15) is 11.6 Å². The molecule has 0 saturated heterocycles. The molecule has 0 unspecified atom stereocenters. The van der Waals surface area contributed by atoms with E-state index in [0.29, 0.717) is 6.54 Å². The SMILES string of the molecule is COc1ccc([C@@H]2c3cccn3-c3c(c(C)nn3-c3ccccc3)CN2C(=O)Nc2cccc(C)c2C)cc1. The summed E-state index contributed by atoms with van der Waals surface area (Å²) >= 11 is 0. The second-order valence-corrected chi connectivity index (χ2v) is 9.92. The van der Waals surface area contributed by atoms with Gasteiger partial charge in [0, 0.05) is 17.4 Å². The summed E-state index contributed by atoms with van der Waals surface area (Å²) in [5, 5.41) is 8.14. The first-order valence-electron chi connectivity index (χ1n) is 13.1. The fourth-order valence-electron chi connectivity index (χ4n) is 5.36. The van der Waals surface area contributed by atoms with Crippen LogP contribution in [0.5, 0.6) is 5.75 Å². The van der Waals surface area contributed by atoms with Crippen LogP contribution in [-0.4, -0.2) is 32.4 Å². The number of methoxy groups -OCH3 is 1. The molecule has 0 aliphatic carbocycles. The molecule has 1 N–H and O–H groups in total. The number of aromatic nitrogens is 3. The van der Waals surface area contributed by atoms with Crippen LogP contribution in [0.1, 0.15) is 39.7 Å². The fraction of sp³-hybridized carbons (Fsp3) is 0.188. The van der Waals surface area contributed by atoms with Crippen molar-refractivity contribution in [2.75, 3.05) is 12.4 Å². The normalized spacial score (nSPS) is 14.4. The van der Waals surface area contributed by atoms with Crippen molar-refractivity contribution in [2.45, 2.75) is 33.4 Å². The molecule has 3 aromatic carbocycles. The maximum absolute atomic E-state index is 14.2. The number of rotatable bonds is 4. The van der Waals surface area contributed by atoms with E-state index in [9.17, 15) is 4.79 Å². The number of fused-ring (bicyclic) bond motifs is 3. The van der Waals surface area contributed by atoms with E-state index in [1.54, 1.807) is 7.11 Å². The molecule has 39 heavy (non-hydrogen) atoms. The Labute approximate surface area is 228 Å². The molecule has 1 aliphatic rings. The van der Waals surface area contributed by atoms with Crippen LogP contribution in [0.2, 0.25) is 0 Å². The Kier molecular flexibility index (Phi) is 6.19. The van der Waals surface area contributed by atoms with Gasteiger partial charge in [0.15, 0.2) is 0 Å². The van der Waals surface area contributed by atoms with Crippen LogP contribution in [-0.2, 0) is 6.54 Å². The van der Waals surface area contributed by atoms with Gasteiger partial charge in [0.2, 0.25) is 0 Å². The van der Waals surface area contributed by atoms with Gasteiger partial charge in [-0.1, -0.05) is 42.5 Å². The number of benzene rings is 3. The summed E-state index contributed by atoms with van der Waals surface area (Å²) in [6, 6.07) is 27.6. The maximum Gasteiger partial charge on any atom is 0.322 e. The number of para-hydroxylation sites is 1. The molecule has 1 atom stereocenters. The number of anilines is 1. The van der Waals surface area contributed by atoms with Gasteiger partial charge >= 0.3 is 6.03 Å². The highest BCUT2D eigenvalue weighted by molar-refractivity contribution is 5.91. The minimum Gasteiger partial charge on any atom is -0.497 e. The van der Waals surface area contributed by atoms with Crippen LogP contribution in [0.4, 0.5) is 10.5 Å². The summed E-state index contributed by atoms with van der Waals surface area (Å²) in [7, 11) is 1.66. The molecule has 1 aliphatic heterocycles. The topological polar surface area (TPSA) is 64.3 Å². The van der Waals surface area contributed by atoms with Crippen molar-refractivity contribution in [3.63, 3.8) is 0 Å². The van der Waals surface area contributed by atoms with Crippen molar-refractivity contribution in [2.24, 2.45) is 0 Å². The summed E-state index contributed by atoms with van der Waals surface area (Å²) in [6.45, 7) is 6.49. The number of aryl methyl sites for hydroxylation is 2. The first kappa shape index (κ1) is 24.6. The highest BCUT2D eigenvalue weighted by atomic mass is 16.5. The number of hydrogen-bond acceptors (Lipinski definition) is 3. The highest BCUT2D eigenvalue weighted by Gasteiger charge is 2.36. The summed E-state index contributed by atoms with van der Waals surface area (Å²) in [4.78, 5) is 16.1. The molecular formula is C32H31N5O2. The van der Waals surface area contributed by atoms with Crippen LogP contribution >= 0.6 is 0 Å². The molecule has 0 fully saturated rings. The third kappa shape index (κ3) is 4.26. The minimum atomic E-state index is -0.341. The Balaban J connectivity index is 1.53. The molecule has 5 aromatic rings. The average Bonchev–Trinajstić information content (AvgIpc) is 3.52. The number of nitrogens with one attached hydrogen (secondary N) is 1. The second kappa shape index (κ2) is 9.83. The minimum absolute atomic E-state index is 0.169. The molecule has 0 spiro atoms. The lowest BCUT2D eigenvalue weighted by Gasteiger charge is -2.31. The zero-order valence-corrected chi connectivity index (χ0v) is 22.6. The first-order valence-corrected chi connectivity index (χ1v) is 13.1. The zero-order valence-electron chi connectivity index (χ0n) is 22.6. The molecule has 6 rings (SSSR count). The van der Waals surface area contributed by atoms with Gasteiger partial charge in [-0.05, 0) is 79.9 Å². The van der Waals surface area contributed by atoms with Crippen LogP contribution < -0.4 is 10.1 Å². The predicted octanol–water partition coefficient (Wildman–Crippen LogP) is 6.73. The molecule has 0 radical (unpaired) electrons. The number of urea groups is 1. The number of ether oxygens (including phenoxy) is 1. The second-order valence-electron chi connectivity index (χ2n) is 9.92. The number of hydrogen-bond donors (Lipinski definition) is 1. The lowest BCUT2D eigenvalue weighted by molar-refractivity contribution is 0.194. The number of carbonyl (C=O) groups is 1. The average molecular weight is 518 g/mol. The van der Waals surface area contributed by atoms with E-state index >= 15 is 0 Å². The standard InChI is InChI=1S/C32H31N5O2/c1-21-10-8-13-28(22(21)2)33-32(38)36-20-27-23(3)34-37(25-11-6-5-7-12-25)31(27)35-19-9-14-29(35)30(36)24-15-17-26(39-4)18-16-24/h5-19,30H,20H2,1-4H3,(H,33,38)/t30-/m1/s1. The first-order chi connectivity index (χ1) is 19.0. The third-order valence-electron chi connectivity index (χ3n) is 7.63. The largest absolute Gasteiger partial charge is 0.497 e. The van der Waals surface area contributed by atoms with Gasteiger partial charge in [-0.25, -0.2) is 9.48 Å². The quantitative estimate of drug-likeness (QED) is 0.287. The van der Waals surface area contributed by atoms with Crippen LogP contribution in [0.3, 0.4) is 0 Å². The predicted molar refractivity (Wildman–Crippen MR) is 153 cm³/mol. The lowest BCUT2D eigenvalue weighted by Crippen LogP contribution is -2.38. The van der Waals surface area contributed by atoms with Crippen molar-refractivity contribution in [3.05, 3.63) is 125 Å². The van der Waals surface area contributed by atoms with Crippen molar-refractivity contribution in [1.82, 2.24) is 19.2 Å². The van der Waals surface area contributed by atoms with E-state index in [-0.39, 0.29) is 12.1 Å². The van der Waals surface area contributed by atoms with Crippen molar-refractivity contribution >= 4 is 11.7 Å². The molecule has 7 heteroatoms. The molecule has 2 amide bonds. The molecular weight excluding hydrogens is 486 g/mol. The van der Waals surface area contributed by atoms with Gasteiger partial charge < -0.3 is 19.5 Å². The Morgan fingerprint density at radius 1 is 0.923 bits per heavy atom. The van der Waals surface area contributed by atoms with E-state index in [1.807, 2.05) is 96.2 Å². The molecule has 2 aromatic heterocycles. The zero-order chi connectivity index (χ0) is 27.1. The maximum atomic E-state index is 14.2. The highest BCUT2D eigenvalue weighted by Crippen LogP contribution is 2.39. The molecule has 0 bridgehead atoms. The van der Waals surface area contributed by atoms with Gasteiger partial charge in [0.25, 0.3) is 0 Å². The molecule has 196 valence electrons. The number of nitrogens with zero attached hydrogens (tertiary/aromatic N) is 4. The lowest BCUT2D eigenvalue weighted by atomic mass is 10.0. The Hall–Kier alpha value is -4.78. The summed E-state index contributed by atoms with van der Waals surface area (Å²) < 4.78 is 9.57. The fourth-order valence-corrected chi connectivity index (χ4v) is 5.36. The van der Waals surface area contributed by atoms with Gasteiger partial charge in [-0.2, -0.15) is 5.10 Å². The monoisotopic (exact) mass is 517 g/mol. The Morgan fingerprint density at radius 2 is 1.69 bits per heavy atom. The summed E-state index contributed by atoms with van der Waals surface area (Å²) in [5.41, 5.74) is 7.82. The van der Waals surface area contributed by atoms with Crippen molar-refractivity contribution < 1.29 is 9.53 Å². The van der Waals surface area contributed by atoms with E-state index < -0.39 is 0 Å². The number of amides is 2. The van der Waals surface area contributed by atoms with E-state index in [4.69, 9.17) is 9.84 Å². The van der Waals surface area contributed by atoms with Crippen molar-refractivity contribution in [3.8, 4) is 17.3 Å². The smallest absolute Gasteiger partial charge is 0.322 e.